The van der Waals surface area contributed by atoms with E-state index in [1.54, 1.807) is 29.2 Å². The van der Waals surface area contributed by atoms with E-state index in [9.17, 15) is 4.79 Å². The Bertz CT molecular complexity index is 834. The van der Waals surface area contributed by atoms with E-state index < -0.39 is 0 Å². The highest BCUT2D eigenvalue weighted by Gasteiger charge is 2.32. The lowest BCUT2D eigenvalue weighted by atomic mass is 10.2. The van der Waals surface area contributed by atoms with Crippen LogP contribution in [-0.4, -0.2) is 22.5 Å². The van der Waals surface area contributed by atoms with Gasteiger partial charge >= 0.3 is 0 Å². The van der Waals surface area contributed by atoms with Crippen molar-refractivity contribution in [1.82, 2.24) is 4.90 Å². The minimum absolute atomic E-state index is 0.0665. The second-order valence-corrected chi connectivity index (χ2v) is 6.91. The molecule has 1 aliphatic heterocycles. The first-order valence-electron chi connectivity index (χ1n) is 7.38. The summed E-state index contributed by atoms with van der Waals surface area (Å²) in [7, 11) is 0. The van der Waals surface area contributed by atoms with Crippen molar-refractivity contribution in [2.75, 3.05) is 6.54 Å². The van der Waals surface area contributed by atoms with E-state index in [-0.39, 0.29) is 5.91 Å². The summed E-state index contributed by atoms with van der Waals surface area (Å²) in [6.07, 6.45) is 1.78. The Morgan fingerprint density at radius 1 is 1.17 bits per heavy atom. The third kappa shape index (κ3) is 3.66. The van der Waals surface area contributed by atoms with E-state index in [1.807, 2.05) is 37.3 Å². The largest absolute Gasteiger partial charge is 0.287 e. The van der Waals surface area contributed by atoms with Crippen LogP contribution in [0.4, 0.5) is 5.69 Å². The van der Waals surface area contributed by atoms with Crippen molar-refractivity contribution >= 4 is 57.8 Å². The van der Waals surface area contributed by atoms with Crippen molar-refractivity contribution in [2.45, 2.75) is 6.92 Å². The number of aliphatic imine (C=N–C) groups is 1. The molecule has 0 spiro atoms. The van der Waals surface area contributed by atoms with Crippen LogP contribution in [-0.2, 0) is 4.79 Å². The van der Waals surface area contributed by atoms with E-state index in [2.05, 4.69) is 4.99 Å². The molecule has 0 unspecified atom stereocenters. The van der Waals surface area contributed by atoms with Crippen molar-refractivity contribution < 1.29 is 4.79 Å². The monoisotopic (exact) mass is 376 g/mol. The third-order valence-electron chi connectivity index (χ3n) is 3.43. The smallest absolute Gasteiger partial charge is 0.266 e. The van der Waals surface area contributed by atoms with Crippen LogP contribution in [0, 0.1) is 0 Å². The molecule has 1 saturated heterocycles. The Balaban J connectivity index is 1.95. The molecule has 0 aliphatic carbocycles. The topological polar surface area (TPSA) is 32.7 Å². The number of hydrogen-bond acceptors (Lipinski definition) is 3. The number of para-hydroxylation sites is 1. The number of hydrogen-bond donors (Lipinski definition) is 0. The highest BCUT2D eigenvalue weighted by Crippen LogP contribution is 2.35. The van der Waals surface area contributed by atoms with Gasteiger partial charge < -0.3 is 0 Å². The zero-order valence-electron chi connectivity index (χ0n) is 12.9. The molecule has 3 rings (SSSR count). The zero-order chi connectivity index (χ0) is 17.1. The van der Waals surface area contributed by atoms with Crippen molar-refractivity contribution in [3.05, 3.63) is 69.0 Å². The minimum Gasteiger partial charge on any atom is -0.287 e. The molecular weight excluding hydrogens is 363 g/mol. The molecule has 0 aromatic heterocycles. The fourth-order valence-electron chi connectivity index (χ4n) is 2.24. The van der Waals surface area contributed by atoms with Crippen LogP contribution in [0.1, 0.15) is 12.5 Å². The predicted molar refractivity (Wildman–Crippen MR) is 103 cm³/mol. The molecule has 0 N–H and O–H groups in total. The molecule has 2 aromatic rings. The van der Waals surface area contributed by atoms with Gasteiger partial charge in [-0.15, -0.1) is 0 Å². The van der Waals surface area contributed by atoms with Crippen LogP contribution in [0.3, 0.4) is 0 Å². The normalized spacial score (nSPS) is 18.0. The number of carbonyl (C=O) groups excluding carboxylic acids is 1. The second kappa shape index (κ2) is 7.43. The highest BCUT2D eigenvalue weighted by molar-refractivity contribution is 8.18. The number of nitrogens with zero attached hydrogens (tertiary/aromatic N) is 2. The summed E-state index contributed by atoms with van der Waals surface area (Å²) in [6.45, 7) is 2.49. The molecular formula is C18H14Cl2N2OS. The quantitative estimate of drug-likeness (QED) is 0.651. The Kier molecular flexibility index (Phi) is 5.29. The van der Waals surface area contributed by atoms with Crippen LogP contribution < -0.4 is 0 Å². The fourth-order valence-corrected chi connectivity index (χ4v) is 3.76. The molecule has 6 heteroatoms. The van der Waals surface area contributed by atoms with E-state index >= 15 is 0 Å². The van der Waals surface area contributed by atoms with Gasteiger partial charge in [0.1, 0.15) is 0 Å². The van der Waals surface area contributed by atoms with Crippen LogP contribution in [0.25, 0.3) is 6.08 Å². The van der Waals surface area contributed by atoms with Gasteiger partial charge in [-0.2, -0.15) is 0 Å². The van der Waals surface area contributed by atoms with Gasteiger partial charge in [0, 0.05) is 16.6 Å². The van der Waals surface area contributed by atoms with Gasteiger partial charge in [0.15, 0.2) is 5.17 Å². The summed E-state index contributed by atoms with van der Waals surface area (Å²) in [5.74, 6) is -0.0665. The average Bonchev–Trinajstić information content (AvgIpc) is 2.86. The molecule has 2 aromatic carbocycles. The maximum absolute atomic E-state index is 12.6. The first kappa shape index (κ1) is 17.1. The van der Waals surface area contributed by atoms with Gasteiger partial charge in [-0.3, -0.25) is 9.69 Å². The van der Waals surface area contributed by atoms with E-state index in [4.69, 9.17) is 23.2 Å². The first-order chi connectivity index (χ1) is 11.6. The Morgan fingerprint density at radius 2 is 1.92 bits per heavy atom. The van der Waals surface area contributed by atoms with Gasteiger partial charge in [0.25, 0.3) is 5.91 Å². The van der Waals surface area contributed by atoms with Gasteiger partial charge in [-0.05, 0) is 54.6 Å². The number of halogens is 2. The van der Waals surface area contributed by atoms with Crippen molar-refractivity contribution in [3.63, 3.8) is 0 Å². The Labute approximate surface area is 155 Å². The number of likely N-dealkylation sites (N-methyl/N-ethyl adjacent to an activating group) is 1. The number of thioether (sulfide) groups is 1. The van der Waals surface area contributed by atoms with Crippen LogP contribution in [0.5, 0.6) is 0 Å². The predicted octanol–water partition coefficient (Wildman–Crippen LogP) is 5.62. The zero-order valence-corrected chi connectivity index (χ0v) is 15.2. The lowest BCUT2D eigenvalue weighted by molar-refractivity contribution is -0.122. The highest BCUT2D eigenvalue weighted by atomic mass is 35.5. The number of benzene rings is 2. The van der Waals surface area contributed by atoms with Crippen LogP contribution in [0.2, 0.25) is 10.0 Å². The average molecular weight is 377 g/mol. The fraction of sp³-hybridized carbons (Fsp3) is 0.111. The molecule has 0 radical (unpaired) electrons. The molecule has 0 saturated carbocycles. The Morgan fingerprint density at radius 3 is 2.58 bits per heavy atom. The maximum atomic E-state index is 12.6. The summed E-state index contributed by atoms with van der Waals surface area (Å²) in [5, 5.41) is 1.75. The molecule has 1 fully saturated rings. The molecule has 1 heterocycles. The van der Waals surface area contributed by atoms with Gasteiger partial charge in [-0.1, -0.05) is 47.5 Å². The molecule has 0 bridgehead atoms. The number of amidine groups is 1. The van der Waals surface area contributed by atoms with Crippen molar-refractivity contribution in [3.8, 4) is 0 Å². The van der Waals surface area contributed by atoms with E-state index in [0.717, 1.165) is 11.3 Å². The lowest BCUT2D eigenvalue weighted by Gasteiger charge is -2.11. The Hall–Kier alpha value is -1.75. The third-order valence-corrected chi connectivity index (χ3v) is 5.00. The van der Waals surface area contributed by atoms with Gasteiger partial charge in [0.05, 0.1) is 10.6 Å². The summed E-state index contributed by atoms with van der Waals surface area (Å²) >= 11 is 13.5. The van der Waals surface area contributed by atoms with Gasteiger partial charge in [-0.25, -0.2) is 4.99 Å². The standard InChI is InChI=1S/C18H14Cl2N2OS/c1-2-22-17(23)16(10-12-8-9-13(19)11-15(12)20)24-18(22)21-14-6-4-3-5-7-14/h3-11H,2H2,1H3/b16-10+,21-18?. The number of carbonyl (C=O) groups is 1. The lowest BCUT2D eigenvalue weighted by Crippen LogP contribution is -2.28. The number of amides is 1. The van der Waals surface area contributed by atoms with E-state index in [1.165, 1.54) is 11.8 Å². The first-order valence-corrected chi connectivity index (χ1v) is 8.96. The van der Waals surface area contributed by atoms with Crippen molar-refractivity contribution in [2.24, 2.45) is 4.99 Å². The molecule has 3 nitrogen and oxygen atoms in total. The summed E-state index contributed by atoms with van der Waals surface area (Å²) in [4.78, 5) is 19.4. The van der Waals surface area contributed by atoms with E-state index in [0.29, 0.717) is 26.7 Å². The van der Waals surface area contributed by atoms with Crippen LogP contribution in [0.15, 0.2) is 58.4 Å². The molecule has 122 valence electrons. The molecule has 1 aliphatic rings. The van der Waals surface area contributed by atoms with Crippen LogP contribution >= 0.6 is 35.0 Å². The van der Waals surface area contributed by atoms with Gasteiger partial charge in [0.2, 0.25) is 0 Å². The molecule has 0 atom stereocenters. The molecule has 24 heavy (non-hydrogen) atoms. The number of rotatable bonds is 3. The molecule has 1 amide bonds. The second-order valence-electron chi connectivity index (χ2n) is 5.06. The maximum Gasteiger partial charge on any atom is 0.266 e. The SMILES string of the molecule is CCN1C(=O)/C(=C\c2ccc(Cl)cc2Cl)SC1=Nc1ccccc1. The summed E-state index contributed by atoms with van der Waals surface area (Å²) in [6, 6.07) is 14.8. The minimum atomic E-state index is -0.0665. The summed E-state index contributed by atoms with van der Waals surface area (Å²) < 4.78 is 0. The summed E-state index contributed by atoms with van der Waals surface area (Å²) in [5.41, 5.74) is 1.57. The van der Waals surface area contributed by atoms with Crippen molar-refractivity contribution in [1.29, 1.82) is 0 Å².